The van der Waals surface area contributed by atoms with Gasteiger partial charge in [0, 0.05) is 5.69 Å². The van der Waals surface area contributed by atoms with E-state index in [1.54, 1.807) is 18.2 Å². The van der Waals surface area contributed by atoms with Crippen molar-refractivity contribution in [3.05, 3.63) is 28.7 Å². The van der Waals surface area contributed by atoms with Crippen molar-refractivity contribution in [2.45, 2.75) is 6.54 Å². The highest BCUT2D eigenvalue weighted by Crippen LogP contribution is 2.16. The molecule has 0 aliphatic rings. The molecule has 0 radical (unpaired) electrons. The van der Waals surface area contributed by atoms with E-state index in [1.807, 2.05) is 0 Å². The summed E-state index contributed by atoms with van der Waals surface area (Å²) >= 11 is 0. The van der Waals surface area contributed by atoms with Crippen molar-refractivity contribution in [3.63, 3.8) is 0 Å². The molecule has 0 amide bonds. The summed E-state index contributed by atoms with van der Waals surface area (Å²) in [5, 5.41) is 0. The fourth-order valence-electron chi connectivity index (χ4n) is 1.42. The minimum absolute atomic E-state index is 0.189. The Labute approximate surface area is 90.2 Å². The van der Waals surface area contributed by atoms with Gasteiger partial charge in [-0.15, -0.1) is 0 Å². The van der Waals surface area contributed by atoms with E-state index in [9.17, 15) is 9.59 Å². The number of nitrogens with zero attached hydrogens (tertiary/aromatic N) is 1. The van der Waals surface area contributed by atoms with Gasteiger partial charge in [0.15, 0.2) is 5.58 Å². The predicted octanol–water partition coefficient (Wildman–Crippen LogP) is 0.350. The molecule has 0 fully saturated rings. The van der Waals surface area contributed by atoms with Gasteiger partial charge in [0.2, 0.25) is 0 Å². The lowest BCUT2D eigenvalue weighted by atomic mass is 10.3. The molecule has 0 spiro atoms. The Hall–Kier alpha value is -2.24. The van der Waals surface area contributed by atoms with Gasteiger partial charge in [-0.3, -0.25) is 9.36 Å². The van der Waals surface area contributed by atoms with Gasteiger partial charge in [-0.2, -0.15) is 0 Å². The molecule has 0 bridgehead atoms. The lowest BCUT2D eigenvalue weighted by Crippen LogP contribution is -2.20. The normalized spacial score (nSPS) is 10.6. The van der Waals surface area contributed by atoms with Gasteiger partial charge in [-0.05, 0) is 18.2 Å². The van der Waals surface area contributed by atoms with Crippen LogP contribution in [0.5, 0.6) is 0 Å². The number of oxazole rings is 1. The van der Waals surface area contributed by atoms with Crippen LogP contribution in [0, 0.1) is 0 Å². The summed E-state index contributed by atoms with van der Waals surface area (Å²) in [5.41, 5.74) is 6.96. The Bertz CT molecular complexity index is 596. The molecule has 1 aromatic carbocycles. The number of rotatable bonds is 2. The van der Waals surface area contributed by atoms with Crippen LogP contribution in [0.15, 0.2) is 27.4 Å². The number of hydrogen-bond donors (Lipinski definition) is 1. The van der Waals surface area contributed by atoms with Gasteiger partial charge in [-0.25, -0.2) is 4.79 Å². The second-order valence-corrected chi connectivity index (χ2v) is 3.26. The number of benzene rings is 1. The van der Waals surface area contributed by atoms with Gasteiger partial charge in [0.25, 0.3) is 0 Å². The maximum absolute atomic E-state index is 11.4. The average Bonchev–Trinajstić information content (AvgIpc) is 2.55. The summed E-state index contributed by atoms with van der Waals surface area (Å²) in [6, 6.07) is 4.77. The molecule has 0 aliphatic heterocycles. The van der Waals surface area contributed by atoms with Crippen molar-refractivity contribution in [1.82, 2.24) is 4.57 Å². The Kier molecular flexibility index (Phi) is 2.40. The van der Waals surface area contributed by atoms with Crippen molar-refractivity contribution in [2.24, 2.45) is 0 Å². The van der Waals surface area contributed by atoms with E-state index in [4.69, 9.17) is 10.2 Å². The van der Waals surface area contributed by atoms with Crippen molar-refractivity contribution in [2.75, 3.05) is 12.8 Å². The van der Waals surface area contributed by atoms with Crippen molar-refractivity contribution in [3.8, 4) is 0 Å². The summed E-state index contributed by atoms with van der Waals surface area (Å²) in [6.45, 7) is -0.189. The van der Waals surface area contributed by atoms with Crippen LogP contribution in [-0.2, 0) is 16.1 Å². The van der Waals surface area contributed by atoms with Crippen LogP contribution in [-0.4, -0.2) is 17.6 Å². The van der Waals surface area contributed by atoms with E-state index in [2.05, 4.69) is 4.74 Å². The molecule has 0 aliphatic carbocycles. The third-order valence-electron chi connectivity index (χ3n) is 2.21. The summed E-state index contributed by atoms with van der Waals surface area (Å²) in [4.78, 5) is 22.6. The Morgan fingerprint density at radius 1 is 1.56 bits per heavy atom. The van der Waals surface area contributed by atoms with Gasteiger partial charge < -0.3 is 14.9 Å². The number of esters is 1. The van der Waals surface area contributed by atoms with Crippen molar-refractivity contribution in [1.29, 1.82) is 0 Å². The number of anilines is 1. The molecule has 0 unspecified atom stereocenters. The van der Waals surface area contributed by atoms with Gasteiger partial charge in [0.1, 0.15) is 6.54 Å². The fourth-order valence-corrected chi connectivity index (χ4v) is 1.42. The number of aromatic nitrogens is 1. The minimum atomic E-state index is -0.606. The number of fused-ring (bicyclic) bond motifs is 1. The van der Waals surface area contributed by atoms with Gasteiger partial charge in [0.05, 0.1) is 12.6 Å². The van der Waals surface area contributed by atoms with Crippen molar-refractivity contribution >= 4 is 22.8 Å². The first-order valence-electron chi connectivity index (χ1n) is 4.57. The van der Waals surface area contributed by atoms with E-state index in [0.29, 0.717) is 16.8 Å². The maximum Gasteiger partial charge on any atom is 0.420 e. The summed E-state index contributed by atoms with van der Waals surface area (Å²) < 4.78 is 10.6. The van der Waals surface area contributed by atoms with Gasteiger partial charge in [-0.1, -0.05) is 0 Å². The van der Waals surface area contributed by atoms with Crippen LogP contribution in [0.3, 0.4) is 0 Å². The van der Waals surface area contributed by atoms with Crippen molar-refractivity contribution < 1.29 is 13.9 Å². The Morgan fingerprint density at radius 2 is 2.31 bits per heavy atom. The molecule has 2 aromatic rings. The summed E-state index contributed by atoms with van der Waals surface area (Å²) in [5.74, 6) is -1.13. The van der Waals surface area contributed by atoms with E-state index in [1.165, 1.54) is 11.7 Å². The number of nitrogen functional groups attached to an aromatic ring is 1. The molecule has 6 nitrogen and oxygen atoms in total. The second-order valence-electron chi connectivity index (χ2n) is 3.26. The molecule has 0 atom stereocenters. The third kappa shape index (κ3) is 1.65. The zero-order valence-electron chi connectivity index (χ0n) is 8.60. The molecule has 6 heteroatoms. The lowest BCUT2D eigenvalue weighted by Gasteiger charge is -2.00. The standard InChI is InChI=1S/C10H10N2O4/c1-15-9(13)5-12-7-4-6(11)2-3-8(7)16-10(12)14/h2-4H,5,11H2,1H3. The highest BCUT2D eigenvalue weighted by Gasteiger charge is 2.12. The Balaban J connectivity index is 2.58. The van der Waals surface area contributed by atoms with Crippen LogP contribution in [0.4, 0.5) is 5.69 Å². The minimum Gasteiger partial charge on any atom is -0.468 e. The van der Waals surface area contributed by atoms with E-state index in [-0.39, 0.29) is 6.54 Å². The first-order valence-corrected chi connectivity index (χ1v) is 4.57. The molecular weight excluding hydrogens is 212 g/mol. The van der Waals surface area contributed by atoms with Crippen LogP contribution in [0.25, 0.3) is 11.1 Å². The molecule has 0 saturated heterocycles. The molecule has 84 valence electrons. The summed E-state index contributed by atoms with van der Waals surface area (Å²) in [7, 11) is 1.25. The van der Waals surface area contributed by atoms with Crippen LogP contribution in [0.1, 0.15) is 0 Å². The topological polar surface area (TPSA) is 87.5 Å². The number of nitrogens with two attached hydrogens (primary N) is 1. The molecule has 16 heavy (non-hydrogen) atoms. The lowest BCUT2D eigenvalue weighted by molar-refractivity contribution is -0.141. The fraction of sp³-hybridized carbons (Fsp3) is 0.200. The second kappa shape index (κ2) is 3.73. The molecule has 1 aromatic heterocycles. The van der Waals surface area contributed by atoms with E-state index >= 15 is 0 Å². The highest BCUT2D eigenvalue weighted by molar-refractivity contribution is 5.79. The summed E-state index contributed by atoms with van der Waals surface area (Å²) in [6.07, 6.45) is 0. The number of carbonyl (C=O) groups is 1. The molecule has 2 N–H and O–H groups in total. The Morgan fingerprint density at radius 3 is 3.00 bits per heavy atom. The first-order chi connectivity index (χ1) is 7.61. The number of ether oxygens (including phenoxy) is 1. The quantitative estimate of drug-likeness (QED) is 0.585. The highest BCUT2D eigenvalue weighted by atomic mass is 16.5. The average molecular weight is 222 g/mol. The predicted molar refractivity (Wildman–Crippen MR) is 56.9 cm³/mol. The number of methoxy groups -OCH3 is 1. The number of hydrogen-bond acceptors (Lipinski definition) is 5. The zero-order chi connectivity index (χ0) is 11.7. The SMILES string of the molecule is COC(=O)Cn1c(=O)oc2ccc(N)cc21. The maximum atomic E-state index is 11.4. The van der Waals surface area contributed by atoms with Crippen LogP contribution >= 0.6 is 0 Å². The third-order valence-corrected chi connectivity index (χ3v) is 2.21. The molecule has 0 saturated carbocycles. The van der Waals surface area contributed by atoms with Crippen LogP contribution < -0.4 is 11.5 Å². The largest absolute Gasteiger partial charge is 0.468 e. The van der Waals surface area contributed by atoms with E-state index in [0.717, 1.165) is 0 Å². The number of carbonyl (C=O) groups excluding carboxylic acids is 1. The van der Waals surface area contributed by atoms with Crippen LogP contribution in [0.2, 0.25) is 0 Å². The zero-order valence-corrected chi connectivity index (χ0v) is 8.60. The molecular formula is C10H10N2O4. The molecule has 1 heterocycles. The smallest absolute Gasteiger partial charge is 0.420 e. The first kappa shape index (κ1) is 10.3. The van der Waals surface area contributed by atoms with Gasteiger partial charge >= 0.3 is 11.7 Å². The van der Waals surface area contributed by atoms with E-state index < -0.39 is 11.7 Å². The molecule has 2 rings (SSSR count). The monoisotopic (exact) mass is 222 g/mol.